The van der Waals surface area contributed by atoms with Crippen LogP contribution >= 0.6 is 0 Å². The van der Waals surface area contributed by atoms with Crippen molar-refractivity contribution >= 4 is 23.3 Å². The smallest absolute Gasteiger partial charge is 0.319 e. The van der Waals surface area contributed by atoms with Gasteiger partial charge in [0.15, 0.2) is 0 Å². The third-order valence-corrected chi connectivity index (χ3v) is 3.53. The van der Waals surface area contributed by atoms with Gasteiger partial charge in [0.25, 0.3) is 0 Å². The van der Waals surface area contributed by atoms with E-state index < -0.39 is 12.1 Å². The number of urea groups is 1. The zero-order chi connectivity index (χ0) is 18.2. The molecule has 1 unspecified atom stereocenters. The van der Waals surface area contributed by atoms with Crippen molar-refractivity contribution in [2.75, 3.05) is 10.6 Å². The predicted molar refractivity (Wildman–Crippen MR) is 97.0 cm³/mol. The van der Waals surface area contributed by atoms with Crippen LogP contribution < -0.4 is 16.0 Å². The number of benzene rings is 2. The highest BCUT2D eigenvalue weighted by Crippen LogP contribution is 2.12. The van der Waals surface area contributed by atoms with Gasteiger partial charge in [-0.15, -0.1) is 0 Å². The number of nitrogens with zero attached hydrogens (tertiary/aromatic N) is 1. The number of hydrogen-bond acceptors (Lipinski definition) is 3. The molecule has 6 heteroatoms. The molecule has 2 aromatic rings. The Hall–Kier alpha value is -3.33. The van der Waals surface area contributed by atoms with Crippen LogP contribution in [0.25, 0.3) is 0 Å². The van der Waals surface area contributed by atoms with Gasteiger partial charge in [-0.05, 0) is 36.2 Å². The van der Waals surface area contributed by atoms with Crippen LogP contribution in [0.2, 0.25) is 0 Å². The standard InChI is InChI=1S/C19H20N4O2/c1-13(2)17(23-19(25)22-15-8-4-3-5-9-15)18(24)21-16-10-6-7-14(11-16)12-20/h3-11,13,17H,1-2H3,(H,21,24)(H2,22,23,25). The van der Waals surface area contributed by atoms with Gasteiger partial charge in [-0.25, -0.2) is 4.79 Å². The minimum Gasteiger partial charge on any atom is -0.326 e. The van der Waals surface area contributed by atoms with Crippen LogP contribution in [0.15, 0.2) is 54.6 Å². The number of anilines is 2. The first kappa shape index (κ1) is 18.0. The molecule has 0 saturated heterocycles. The summed E-state index contributed by atoms with van der Waals surface area (Å²) in [4.78, 5) is 24.6. The summed E-state index contributed by atoms with van der Waals surface area (Å²) in [6.07, 6.45) is 0. The Morgan fingerprint density at radius 3 is 2.28 bits per heavy atom. The molecule has 3 N–H and O–H groups in total. The van der Waals surface area contributed by atoms with E-state index in [0.29, 0.717) is 16.9 Å². The van der Waals surface area contributed by atoms with Crippen molar-refractivity contribution in [2.45, 2.75) is 19.9 Å². The second-order valence-electron chi connectivity index (χ2n) is 5.87. The summed E-state index contributed by atoms with van der Waals surface area (Å²) >= 11 is 0. The van der Waals surface area contributed by atoms with E-state index in [4.69, 9.17) is 5.26 Å². The van der Waals surface area contributed by atoms with Crippen molar-refractivity contribution in [2.24, 2.45) is 5.92 Å². The SMILES string of the molecule is CC(C)C(NC(=O)Nc1ccccc1)C(=O)Nc1cccc(C#N)c1. The topological polar surface area (TPSA) is 94.0 Å². The van der Waals surface area contributed by atoms with E-state index in [0.717, 1.165) is 0 Å². The monoisotopic (exact) mass is 336 g/mol. The molecular formula is C19H20N4O2. The second kappa shape index (κ2) is 8.50. The van der Waals surface area contributed by atoms with Crippen molar-refractivity contribution < 1.29 is 9.59 Å². The maximum absolute atomic E-state index is 12.5. The van der Waals surface area contributed by atoms with Gasteiger partial charge in [0.2, 0.25) is 5.91 Å². The molecule has 0 bridgehead atoms. The second-order valence-corrected chi connectivity index (χ2v) is 5.87. The van der Waals surface area contributed by atoms with Crippen LogP contribution in [-0.4, -0.2) is 18.0 Å². The van der Waals surface area contributed by atoms with Crippen molar-refractivity contribution in [3.05, 3.63) is 60.2 Å². The van der Waals surface area contributed by atoms with Gasteiger partial charge in [-0.1, -0.05) is 38.1 Å². The lowest BCUT2D eigenvalue weighted by Crippen LogP contribution is -2.48. The minimum absolute atomic E-state index is 0.110. The fraction of sp³-hybridized carbons (Fsp3) is 0.211. The molecule has 25 heavy (non-hydrogen) atoms. The molecule has 0 aromatic heterocycles. The van der Waals surface area contributed by atoms with Gasteiger partial charge in [0, 0.05) is 11.4 Å². The van der Waals surface area contributed by atoms with Crippen molar-refractivity contribution in [1.82, 2.24) is 5.32 Å². The average molecular weight is 336 g/mol. The van der Waals surface area contributed by atoms with Crippen LogP contribution in [0.5, 0.6) is 0 Å². The maximum atomic E-state index is 12.5. The summed E-state index contributed by atoms with van der Waals surface area (Å²) < 4.78 is 0. The van der Waals surface area contributed by atoms with Gasteiger partial charge >= 0.3 is 6.03 Å². The Kier molecular flexibility index (Phi) is 6.13. The van der Waals surface area contributed by atoms with Crippen LogP contribution in [0.1, 0.15) is 19.4 Å². The first-order chi connectivity index (χ1) is 12.0. The number of hydrogen-bond donors (Lipinski definition) is 3. The lowest BCUT2D eigenvalue weighted by Gasteiger charge is -2.22. The molecule has 0 fully saturated rings. The third-order valence-electron chi connectivity index (χ3n) is 3.53. The van der Waals surface area contributed by atoms with Crippen molar-refractivity contribution in [3.63, 3.8) is 0 Å². The van der Waals surface area contributed by atoms with E-state index in [1.807, 2.05) is 38.1 Å². The van der Waals surface area contributed by atoms with E-state index in [9.17, 15) is 9.59 Å². The molecule has 2 aromatic carbocycles. The highest BCUT2D eigenvalue weighted by atomic mass is 16.2. The zero-order valence-electron chi connectivity index (χ0n) is 14.1. The highest BCUT2D eigenvalue weighted by Gasteiger charge is 2.24. The van der Waals surface area contributed by atoms with E-state index in [2.05, 4.69) is 16.0 Å². The van der Waals surface area contributed by atoms with Gasteiger partial charge in [0.05, 0.1) is 11.6 Å². The first-order valence-electron chi connectivity index (χ1n) is 7.93. The first-order valence-corrected chi connectivity index (χ1v) is 7.93. The number of carbonyl (C=O) groups is 2. The molecule has 0 aliphatic carbocycles. The number of carbonyl (C=O) groups excluding carboxylic acids is 2. The molecule has 0 aliphatic heterocycles. The Balaban J connectivity index is 2.02. The van der Waals surface area contributed by atoms with E-state index in [1.165, 1.54) is 0 Å². The van der Waals surface area contributed by atoms with Gasteiger partial charge in [-0.3, -0.25) is 4.79 Å². The lowest BCUT2D eigenvalue weighted by atomic mass is 10.0. The minimum atomic E-state index is -0.713. The quantitative estimate of drug-likeness (QED) is 0.781. The Morgan fingerprint density at radius 2 is 1.64 bits per heavy atom. The van der Waals surface area contributed by atoms with Gasteiger partial charge < -0.3 is 16.0 Å². The maximum Gasteiger partial charge on any atom is 0.319 e. The molecule has 0 spiro atoms. The van der Waals surface area contributed by atoms with E-state index >= 15 is 0 Å². The van der Waals surface area contributed by atoms with Crippen molar-refractivity contribution in [3.8, 4) is 6.07 Å². The Labute approximate surface area is 146 Å². The summed E-state index contributed by atoms with van der Waals surface area (Å²) in [6, 6.07) is 16.5. The number of rotatable bonds is 5. The molecule has 6 nitrogen and oxygen atoms in total. The van der Waals surface area contributed by atoms with Crippen LogP contribution in [0.3, 0.4) is 0 Å². The summed E-state index contributed by atoms with van der Waals surface area (Å²) in [5, 5.41) is 17.0. The zero-order valence-corrected chi connectivity index (χ0v) is 14.1. The Morgan fingerprint density at radius 1 is 0.960 bits per heavy atom. The number of nitrogens with one attached hydrogen (secondary N) is 3. The predicted octanol–water partition coefficient (Wildman–Crippen LogP) is 3.34. The summed E-state index contributed by atoms with van der Waals surface area (Å²) in [5.41, 5.74) is 1.61. The van der Waals surface area contributed by atoms with Crippen LogP contribution in [0, 0.1) is 17.2 Å². The molecule has 128 valence electrons. The molecule has 0 heterocycles. The average Bonchev–Trinajstić information content (AvgIpc) is 2.60. The summed E-state index contributed by atoms with van der Waals surface area (Å²) in [5.74, 6) is -0.450. The molecule has 0 saturated carbocycles. The molecule has 1 atom stereocenters. The molecule has 3 amide bonds. The summed E-state index contributed by atoms with van der Waals surface area (Å²) in [7, 11) is 0. The van der Waals surface area contributed by atoms with Gasteiger partial charge in [-0.2, -0.15) is 5.26 Å². The summed E-state index contributed by atoms with van der Waals surface area (Å²) in [6.45, 7) is 3.69. The van der Waals surface area contributed by atoms with E-state index in [-0.39, 0.29) is 11.8 Å². The molecule has 0 aliphatic rings. The fourth-order valence-electron chi connectivity index (χ4n) is 2.25. The number of para-hydroxylation sites is 1. The molecular weight excluding hydrogens is 316 g/mol. The van der Waals surface area contributed by atoms with Crippen molar-refractivity contribution in [1.29, 1.82) is 5.26 Å². The Bertz CT molecular complexity index is 782. The third kappa shape index (κ3) is 5.36. The normalized spacial score (nSPS) is 11.3. The lowest BCUT2D eigenvalue weighted by molar-refractivity contribution is -0.118. The molecule has 0 radical (unpaired) electrons. The largest absolute Gasteiger partial charge is 0.326 e. The highest BCUT2D eigenvalue weighted by molar-refractivity contribution is 5.99. The van der Waals surface area contributed by atoms with Gasteiger partial charge in [0.1, 0.15) is 6.04 Å². The van der Waals surface area contributed by atoms with E-state index in [1.54, 1.807) is 36.4 Å². The number of amides is 3. The van der Waals surface area contributed by atoms with Crippen LogP contribution in [-0.2, 0) is 4.79 Å². The number of nitriles is 1. The van der Waals surface area contributed by atoms with Crippen LogP contribution in [0.4, 0.5) is 16.2 Å². The fourth-order valence-corrected chi connectivity index (χ4v) is 2.25. The molecule has 2 rings (SSSR count).